The smallest absolute Gasteiger partial charge is 0.00692 e. The third-order valence-electron chi connectivity index (χ3n) is 2.35. The minimum atomic E-state index is 0.759. The minimum absolute atomic E-state index is 0.759. The van der Waals surface area contributed by atoms with Crippen LogP contribution in [0.5, 0.6) is 0 Å². The maximum Gasteiger partial charge on any atom is 0.00692 e. The highest BCUT2D eigenvalue weighted by molar-refractivity contribution is 4.66. The molecule has 0 aromatic carbocycles. The fourth-order valence-corrected chi connectivity index (χ4v) is 1.81. The van der Waals surface area contributed by atoms with Crippen molar-refractivity contribution in [1.29, 1.82) is 0 Å². The van der Waals surface area contributed by atoms with Gasteiger partial charge in [-0.05, 0) is 38.8 Å². The lowest BCUT2D eigenvalue weighted by Gasteiger charge is -2.28. The summed E-state index contributed by atoms with van der Waals surface area (Å²) in [5, 5.41) is 0. The first-order valence-corrected chi connectivity index (χ1v) is 5.35. The monoisotopic (exact) mass is 171 g/mol. The molecule has 0 saturated heterocycles. The Morgan fingerprint density at radius 1 is 1.08 bits per heavy atom. The summed E-state index contributed by atoms with van der Waals surface area (Å²) in [4.78, 5) is 2.57. The summed E-state index contributed by atoms with van der Waals surface area (Å²) >= 11 is 0. The van der Waals surface area contributed by atoms with Crippen molar-refractivity contribution in [2.75, 3.05) is 13.1 Å². The van der Waals surface area contributed by atoms with Gasteiger partial charge in [-0.1, -0.05) is 27.7 Å². The molecule has 1 nitrogen and oxygen atoms in total. The summed E-state index contributed by atoms with van der Waals surface area (Å²) in [6.07, 6.45) is 2.60. The van der Waals surface area contributed by atoms with Crippen molar-refractivity contribution in [3.8, 4) is 0 Å². The zero-order valence-electron chi connectivity index (χ0n) is 9.43. The zero-order valence-corrected chi connectivity index (χ0v) is 9.43. The topological polar surface area (TPSA) is 3.24 Å². The van der Waals surface area contributed by atoms with Gasteiger partial charge in [-0.2, -0.15) is 0 Å². The lowest BCUT2D eigenvalue weighted by molar-refractivity contribution is 0.196. The van der Waals surface area contributed by atoms with Crippen molar-refractivity contribution < 1.29 is 0 Å². The largest absolute Gasteiger partial charge is 0.301 e. The van der Waals surface area contributed by atoms with E-state index in [1.54, 1.807) is 0 Å². The quantitative estimate of drug-likeness (QED) is 0.593. The molecule has 0 aromatic rings. The molecule has 0 fully saturated rings. The molecule has 1 unspecified atom stereocenters. The molecular formula is C11H25N. The van der Waals surface area contributed by atoms with Crippen LogP contribution < -0.4 is 0 Å². The normalized spacial score (nSPS) is 14.2. The molecule has 74 valence electrons. The van der Waals surface area contributed by atoms with E-state index in [1.165, 1.54) is 25.9 Å². The van der Waals surface area contributed by atoms with E-state index in [1.807, 2.05) is 0 Å². The van der Waals surface area contributed by atoms with Crippen molar-refractivity contribution in [3.05, 3.63) is 0 Å². The van der Waals surface area contributed by atoms with Crippen molar-refractivity contribution in [2.24, 2.45) is 5.92 Å². The van der Waals surface area contributed by atoms with Gasteiger partial charge in [0.2, 0.25) is 0 Å². The second-order valence-corrected chi connectivity index (χ2v) is 4.11. The highest BCUT2D eigenvalue weighted by Crippen LogP contribution is 2.10. The first-order chi connectivity index (χ1) is 5.61. The SMILES string of the molecule is CCCN(CC)C(C)CC(C)C. The van der Waals surface area contributed by atoms with E-state index in [-0.39, 0.29) is 0 Å². The Morgan fingerprint density at radius 3 is 2.00 bits per heavy atom. The highest BCUT2D eigenvalue weighted by Gasteiger charge is 2.11. The molecule has 0 aliphatic carbocycles. The first-order valence-electron chi connectivity index (χ1n) is 5.35. The third kappa shape index (κ3) is 4.76. The molecular weight excluding hydrogens is 146 g/mol. The molecule has 12 heavy (non-hydrogen) atoms. The van der Waals surface area contributed by atoms with E-state index in [0.29, 0.717) is 0 Å². The molecule has 1 atom stereocenters. The fraction of sp³-hybridized carbons (Fsp3) is 1.00. The zero-order chi connectivity index (χ0) is 9.56. The molecule has 0 spiro atoms. The van der Waals surface area contributed by atoms with Crippen molar-refractivity contribution in [2.45, 2.75) is 53.5 Å². The molecule has 0 radical (unpaired) electrons. The summed E-state index contributed by atoms with van der Waals surface area (Å²) in [6.45, 7) is 13.9. The third-order valence-corrected chi connectivity index (χ3v) is 2.35. The Bertz CT molecular complexity index is 99.2. The van der Waals surface area contributed by atoms with Crippen molar-refractivity contribution in [1.82, 2.24) is 4.90 Å². The minimum Gasteiger partial charge on any atom is -0.301 e. The number of hydrogen-bond donors (Lipinski definition) is 0. The van der Waals surface area contributed by atoms with Gasteiger partial charge in [0.05, 0.1) is 0 Å². The van der Waals surface area contributed by atoms with Gasteiger partial charge < -0.3 is 4.90 Å². The van der Waals surface area contributed by atoms with Gasteiger partial charge in [0.25, 0.3) is 0 Å². The summed E-state index contributed by atoms with van der Waals surface area (Å²) in [5.74, 6) is 0.825. The summed E-state index contributed by atoms with van der Waals surface area (Å²) in [5.41, 5.74) is 0. The Morgan fingerprint density at radius 2 is 1.67 bits per heavy atom. The molecule has 0 aliphatic heterocycles. The molecule has 0 bridgehead atoms. The van der Waals surface area contributed by atoms with Crippen molar-refractivity contribution in [3.63, 3.8) is 0 Å². The maximum absolute atomic E-state index is 2.57. The van der Waals surface area contributed by atoms with E-state index in [4.69, 9.17) is 0 Å². The average Bonchev–Trinajstić information content (AvgIpc) is 1.98. The van der Waals surface area contributed by atoms with Crippen LogP contribution in [0, 0.1) is 5.92 Å². The molecule has 0 aromatic heterocycles. The molecule has 0 heterocycles. The fourth-order valence-electron chi connectivity index (χ4n) is 1.81. The van der Waals surface area contributed by atoms with Crippen molar-refractivity contribution >= 4 is 0 Å². The van der Waals surface area contributed by atoms with E-state index in [2.05, 4.69) is 39.5 Å². The average molecular weight is 171 g/mol. The molecule has 0 amide bonds. The predicted molar refractivity (Wildman–Crippen MR) is 56.5 cm³/mol. The van der Waals surface area contributed by atoms with Gasteiger partial charge in [0, 0.05) is 6.04 Å². The molecule has 0 saturated carbocycles. The number of rotatable bonds is 6. The Labute approximate surface area is 78.1 Å². The van der Waals surface area contributed by atoms with Crippen LogP contribution in [-0.4, -0.2) is 24.0 Å². The second-order valence-electron chi connectivity index (χ2n) is 4.11. The van der Waals surface area contributed by atoms with Crippen LogP contribution in [0.4, 0.5) is 0 Å². The highest BCUT2D eigenvalue weighted by atomic mass is 15.1. The summed E-state index contributed by atoms with van der Waals surface area (Å²) in [7, 11) is 0. The summed E-state index contributed by atoms with van der Waals surface area (Å²) in [6, 6.07) is 0.759. The second kappa shape index (κ2) is 6.47. The molecule has 0 rings (SSSR count). The maximum atomic E-state index is 2.57. The first kappa shape index (κ1) is 12.0. The standard InChI is InChI=1S/C11H25N/c1-6-8-12(7-2)11(5)9-10(3)4/h10-11H,6-9H2,1-5H3. The lowest BCUT2D eigenvalue weighted by Crippen LogP contribution is -2.34. The van der Waals surface area contributed by atoms with Crippen LogP contribution in [-0.2, 0) is 0 Å². The van der Waals surface area contributed by atoms with Gasteiger partial charge in [-0.25, -0.2) is 0 Å². The Kier molecular flexibility index (Phi) is 6.45. The van der Waals surface area contributed by atoms with Crippen LogP contribution in [0.2, 0.25) is 0 Å². The van der Waals surface area contributed by atoms with E-state index < -0.39 is 0 Å². The Balaban J connectivity index is 3.76. The van der Waals surface area contributed by atoms with Crippen LogP contribution in [0.1, 0.15) is 47.5 Å². The van der Waals surface area contributed by atoms with Crippen LogP contribution >= 0.6 is 0 Å². The molecule has 0 N–H and O–H groups in total. The lowest BCUT2D eigenvalue weighted by atomic mass is 10.0. The van der Waals surface area contributed by atoms with Gasteiger partial charge in [0.1, 0.15) is 0 Å². The van der Waals surface area contributed by atoms with E-state index in [0.717, 1.165) is 12.0 Å². The predicted octanol–water partition coefficient (Wildman–Crippen LogP) is 3.15. The Hall–Kier alpha value is -0.0400. The van der Waals surface area contributed by atoms with Gasteiger partial charge in [0.15, 0.2) is 0 Å². The van der Waals surface area contributed by atoms with E-state index >= 15 is 0 Å². The number of hydrogen-bond acceptors (Lipinski definition) is 1. The summed E-state index contributed by atoms with van der Waals surface area (Å²) < 4.78 is 0. The number of nitrogens with zero attached hydrogens (tertiary/aromatic N) is 1. The van der Waals surface area contributed by atoms with Gasteiger partial charge >= 0.3 is 0 Å². The van der Waals surface area contributed by atoms with Crippen LogP contribution in [0.25, 0.3) is 0 Å². The van der Waals surface area contributed by atoms with Crippen LogP contribution in [0.15, 0.2) is 0 Å². The molecule has 0 aliphatic rings. The van der Waals surface area contributed by atoms with Gasteiger partial charge in [-0.15, -0.1) is 0 Å². The molecule has 1 heteroatoms. The van der Waals surface area contributed by atoms with Gasteiger partial charge in [-0.3, -0.25) is 0 Å². The van der Waals surface area contributed by atoms with Crippen LogP contribution in [0.3, 0.4) is 0 Å². The van der Waals surface area contributed by atoms with E-state index in [9.17, 15) is 0 Å².